The Morgan fingerprint density at radius 3 is 2.41 bits per heavy atom. The summed E-state index contributed by atoms with van der Waals surface area (Å²) >= 11 is 0. The van der Waals surface area contributed by atoms with Crippen LogP contribution in [0.3, 0.4) is 0 Å². The van der Waals surface area contributed by atoms with Gasteiger partial charge in [-0.25, -0.2) is 18.0 Å². The van der Waals surface area contributed by atoms with E-state index in [1.54, 1.807) is 32.9 Å². The molecule has 4 rings (SSSR count). The third kappa shape index (κ3) is 3.96. The van der Waals surface area contributed by atoms with Gasteiger partial charge in [0.2, 0.25) is 10.0 Å². The molecular formula is C24H25NO6S. The number of hydrogen-bond acceptors (Lipinski definition) is 6. The van der Waals surface area contributed by atoms with Crippen LogP contribution in [0.2, 0.25) is 0 Å². The summed E-state index contributed by atoms with van der Waals surface area (Å²) < 4.78 is 38.9. The minimum absolute atomic E-state index is 0.197. The highest BCUT2D eigenvalue weighted by molar-refractivity contribution is 7.89. The van der Waals surface area contributed by atoms with Gasteiger partial charge in [-0.1, -0.05) is 17.7 Å². The van der Waals surface area contributed by atoms with E-state index in [-0.39, 0.29) is 17.2 Å². The summed E-state index contributed by atoms with van der Waals surface area (Å²) in [6, 6.07) is 8.92. The molecule has 8 heteroatoms. The van der Waals surface area contributed by atoms with Crippen molar-refractivity contribution in [2.24, 2.45) is 0 Å². The number of rotatable bonds is 4. The second kappa shape index (κ2) is 8.18. The first-order valence-electron chi connectivity index (χ1n) is 10.4. The van der Waals surface area contributed by atoms with Crippen molar-refractivity contribution in [1.82, 2.24) is 4.31 Å². The smallest absolute Gasteiger partial charge is 0.336 e. The molecule has 1 saturated heterocycles. The van der Waals surface area contributed by atoms with Gasteiger partial charge in [-0.05, 0) is 69.4 Å². The number of aryl methyl sites for hydroxylation is 4. The molecule has 2 heterocycles. The number of sulfonamides is 1. The average molecular weight is 456 g/mol. The Hall–Kier alpha value is -2.97. The molecule has 2 aromatic carbocycles. The lowest BCUT2D eigenvalue weighted by atomic mass is 10.1. The Morgan fingerprint density at radius 2 is 1.72 bits per heavy atom. The lowest BCUT2D eigenvalue weighted by Crippen LogP contribution is -2.42. The summed E-state index contributed by atoms with van der Waals surface area (Å²) in [7, 11) is -3.88. The highest BCUT2D eigenvalue weighted by Crippen LogP contribution is 2.32. The van der Waals surface area contributed by atoms with Gasteiger partial charge >= 0.3 is 11.6 Å². The van der Waals surface area contributed by atoms with E-state index in [1.807, 2.05) is 19.1 Å². The SMILES string of the molecule is Cc1cc(C)c(S(=O)(=O)N2CCCC2C(=O)Oc2ccc3c(C)cc(=O)oc3c2)c(C)c1. The molecule has 0 N–H and O–H groups in total. The molecule has 0 spiro atoms. The number of carbonyl (C=O) groups is 1. The molecule has 0 radical (unpaired) electrons. The first-order valence-corrected chi connectivity index (χ1v) is 11.9. The number of carbonyl (C=O) groups excluding carboxylic acids is 1. The number of ether oxygens (including phenoxy) is 1. The lowest BCUT2D eigenvalue weighted by Gasteiger charge is -2.24. The van der Waals surface area contributed by atoms with Crippen LogP contribution in [0.15, 0.2) is 50.5 Å². The molecule has 0 bridgehead atoms. The molecule has 0 saturated carbocycles. The van der Waals surface area contributed by atoms with E-state index in [0.29, 0.717) is 29.6 Å². The van der Waals surface area contributed by atoms with E-state index < -0.39 is 27.7 Å². The fourth-order valence-electron chi connectivity index (χ4n) is 4.51. The van der Waals surface area contributed by atoms with Crippen molar-refractivity contribution in [3.8, 4) is 5.75 Å². The minimum Gasteiger partial charge on any atom is -0.425 e. The van der Waals surface area contributed by atoms with Crippen LogP contribution in [0, 0.1) is 27.7 Å². The molecule has 3 aromatic rings. The average Bonchev–Trinajstić information content (AvgIpc) is 3.17. The van der Waals surface area contributed by atoms with Gasteiger partial charge in [0.15, 0.2) is 0 Å². The van der Waals surface area contributed by atoms with Gasteiger partial charge in [0.1, 0.15) is 17.4 Å². The van der Waals surface area contributed by atoms with Crippen molar-refractivity contribution in [2.45, 2.75) is 51.5 Å². The Kier molecular flexibility index (Phi) is 5.68. The lowest BCUT2D eigenvalue weighted by molar-refractivity contribution is -0.137. The zero-order chi connectivity index (χ0) is 23.2. The molecule has 168 valence electrons. The second-order valence-corrected chi connectivity index (χ2v) is 10.2. The van der Waals surface area contributed by atoms with Crippen LogP contribution in [0.1, 0.15) is 35.1 Å². The van der Waals surface area contributed by atoms with Crippen LogP contribution in [0.4, 0.5) is 0 Å². The van der Waals surface area contributed by atoms with Crippen molar-refractivity contribution in [1.29, 1.82) is 0 Å². The van der Waals surface area contributed by atoms with Crippen molar-refractivity contribution >= 4 is 27.0 Å². The topological polar surface area (TPSA) is 93.9 Å². The fraction of sp³-hybridized carbons (Fsp3) is 0.333. The summed E-state index contributed by atoms with van der Waals surface area (Å²) in [6.45, 7) is 7.49. The molecule has 1 atom stereocenters. The van der Waals surface area contributed by atoms with E-state index in [2.05, 4.69) is 0 Å². The van der Waals surface area contributed by atoms with Crippen molar-refractivity contribution in [3.05, 3.63) is 69.1 Å². The van der Waals surface area contributed by atoms with E-state index in [4.69, 9.17) is 9.15 Å². The maximum Gasteiger partial charge on any atom is 0.336 e. The molecular weight excluding hydrogens is 430 g/mol. The van der Waals surface area contributed by atoms with E-state index >= 15 is 0 Å². The highest BCUT2D eigenvalue weighted by Gasteiger charge is 2.41. The zero-order valence-corrected chi connectivity index (χ0v) is 19.3. The number of esters is 1. The standard InChI is InChI=1S/C24H25NO6S/c1-14-10-16(3)23(17(4)11-14)32(28,29)25-9-5-6-20(25)24(27)30-18-7-8-19-15(2)12-22(26)31-21(19)13-18/h7-8,10-13,20H,5-6,9H2,1-4H3. The Labute approximate surface area is 186 Å². The van der Waals surface area contributed by atoms with Gasteiger partial charge < -0.3 is 9.15 Å². The minimum atomic E-state index is -3.88. The predicted molar refractivity (Wildman–Crippen MR) is 120 cm³/mol. The van der Waals surface area contributed by atoms with Gasteiger partial charge in [-0.2, -0.15) is 4.31 Å². The third-order valence-electron chi connectivity index (χ3n) is 5.79. The molecule has 1 aliphatic rings. The number of nitrogens with zero attached hydrogens (tertiary/aromatic N) is 1. The molecule has 1 aliphatic heterocycles. The second-order valence-electron chi connectivity index (χ2n) is 8.33. The van der Waals surface area contributed by atoms with Crippen molar-refractivity contribution in [2.75, 3.05) is 6.54 Å². The number of fused-ring (bicyclic) bond motifs is 1. The molecule has 1 aromatic heterocycles. The highest BCUT2D eigenvalue weighted by atomic mass is 32.2. The number of benzene rings is 2. The number of hydrogen-bond donors (Lipinski definition) is 0. The molecule has 1 unspecified atom stereocenters. The van der Waals surface area contributed by atoms with Crippen molar-refractivity contribution in [3.63, 3.8) is 0 Å². The van der Waals surface area contributed by atoms with Crippen molar-refractivity contribution < 1.29 is 22.4 Å². The predicted octanol–water partition coefficient (Wildman–Crippen LogP) is 3.79. The van der Waals surface area contributed by atoms with Gasteiger partial charge in [-0.15, -0.1) is 0 Å². The van der Waals surface area contributed by atoms with Gasteiger partial charge in [0.25, 0.3) is 0 Å². The Morgan fingerprint density at radius 1 is 1.03 bits per heavy atom. The van der Waals surface area contributed by atoms with Crippen LogP contribution in [0.5, 0.6) is 5.75 Å². The van der Waals surface area contributed by atoms with Crippen LogP contribution in [0.25, 0.3) is 11.0 Å². The maximum absolute atomic E-state index is 13.5. The van der Waals surface area contributed by atoms with Gasteiger partial charge in [0.05, 0.1) is 4.90 Å². The van der Waals surface area contributed by atoms with E-state index in [9.17, 15) is 18.0 Å². The van der Waals surface area contributed by atoms with Crippen LogP contribution in [-0.4, -0.2) is 31.3 Å². The van der Waals surface area contributed by atoms with Crippen LogP contribution < -0.4 is 10.4 Å². The normalized spacial score (nSPS) is 17.1. The monoisotopic (exact) mass is 455 g/mol. The van der Waals surface area contributed by atoms with Gasteiger partial charge in [0, 0.05) is 24.1 Å². The third-order valence-corrected chi connectivity index (χ3v) is 8.00. The molecule has 32 heavy (non-hydrogen) atoms. The first kappa shape index (κ1) is 22.2. The quantitative estimate of drug-likeness (QED) is 0.338. The van der Waals surface area contributed by atoms with Crippen LogP contribution >= 0.6 is 0 Å². The summed E-state index contributed by atoms with van der Waals surface area (Å²) in [5, 5.41) is 0.736. The molecule has 1 fully saturated rings. The Balaban J connectivity index is 1.63. The summed E-state index contributed by atoms with van der Waals surface area (Å²) in [5.74, 6) is -0.453. The molecule has 7 nitrogen and oxygen atoms in total. The first-order chi connectivity index (χ1) is 15.1. The summed E-state index contributed by atoms with van der Waals surface area (Å²) in [5.41, 5.74) is 2.86. The molecule has 0 amide bonds. The zero-order valence-electron chi connectivity index (χ0n) is 18.5. The molecule has 0 aliphatic carbocycles. The van der Waals surface area contributed by atoms with E-state index in [1.165, 1.54) is 16.4 Å². The van der Waals surface area contributed by atoms with Crippen LogP contribution in [-0.2, 0) is 14.8 Å². The fourth-order valence-corrected chi connectivity index (χ4v) is 6.57. The largest absolute Gasteiger partial charge is 0.425 e. The summed E-state index contributed by atoms with van der Waals surface area (Å²) in [6.07, 6.45) is 0.943. The Bertz CT molecular complexity index is 1370. The van der Waals surface area contributed by atoms with Gasteiger partial charge in [-0.3, -0.25) is 0 Å². The van der Waals surface area contributed by atoms with E-state index in [0.717, 1.165) is 16.5 Å². The maximum atomic E-state index is 13.5. The summed E-state index contributed by atoms with van der Waals surface area (Å²) in [4.78, 5) is 24.9.